The Bertz CT molecular complexity index is 1260. The first-order valence-electron chi connectivity index (χ1n) is 11.5. The molecule has 12 heteroatoms. The summed E-state index contributed by atoms with van der Waals surface area (Å²) in [5, 5.41) is 2.76. The van der Waals surface area contributed by atoms with E-state index in [1.807, 2.05) is 42.5 Å². The Kier molecular flexibility index (Phi) is 9.23. The van der Waals surface area contributed by atoms with Gasteiger partial charge in [-0.25, -0.2) is 8.42 Å². The smallest absolute Gasteiger partial charge is 0.264 e. The van der Waals surface area contributed by atoms with E-state index in [1.165, 1.54) is 9.21 Å². The third-order valence-electron chi connectivity index (χ3n) is 5.81. The first-order chi connectivity index (χ1) is 16.9. The van der Waals surface area contributed by atoms with Gasteiger partial charge >= 0.3 is 0 Å². The predicted octanol–water partition coefficient (Wildman–Crippen LogP) is 1.31. The Morgan fingerprint density at radius 2 is 1.47 bits per heavy atom. The van der Waals surface area contributed by atoms with E-state index in [4.69, 9.17) is 4.18 Å². The van der Waals surface area contributed by atoms with Gasteiger partial charge in [-0.05, 0) is 36.1 Å². The van der Waals surface area contributed by atoms with E-state index in [1.54, 1.807) is 12.1 Å². The van der Waals surface area contributed by atoms with Crippen LogP contribution in [0.3, 0.4) is 0 Å². The fourth-order valence-corrected chi connectivity index (χ4v) is 5.15. The maximum atomic E-state index is 13.2. The van der Waals surface area contributed by atoms with Crippen LogP contribution in [0, 0.1) is 0 Å². The van der Waals surface area contributed by atoms with Gasteiger partial charge in [-0.3, -0.25) is 13.8 Å². The number of rotatable bonds is 10. The quantitative estimate of drug-likeness (QED) is 0.357. The number of sulfonamides is 1. The van der Waals surface area contributed by atoms with Crippen LogP contribution in [-0.2, 0) is 29.1 Å². The topological polar surface area (TPSA) is 130 Å². The average molecular weight is 538 g/mol. The zero-order valence-corrected chi connectivity index (χ0v) is 21.9. The molecule has 2 aromatic rings. The lowest BCUT2D eigenvalue weighted by molar-refractivity contribution is -0.134. The minimum Gasteiger partial charge on any atom is -0.340 e. The van der Waals surface area contributed by atoms with Gasteiger partial charge in [0.25, 0.3) is 16.0 Å². The molecular formula is C24H31N3O7S2. The number of carbonyl (C=O) groups excluding carboxylic acids is 2. The number of amides is 2. The maximum absolute atomic E-state index is 13.2. The van der Waals surface area contributed by atoms with Gasteiger partial charge in [-0.1, -0.05) is 42.5 Å². The molecule has 0 unspecified atom stereocenters. The fourth-order valence-electron chi connectivity index (χ4n) is 3.90. The highest BCUT2D eigenvalue weighted by atomic mass is 32.2. The zero-order chi connectivity index (χ0) is 26.3. The first-order valence-corrected chi connectivity index (χ1v) is 15.2. The van der Waals surface area contributed by atoms with Crippen molar-refractivity contribution in [1.82, 2.24) is 14.5 Å². The van der Waals surface area contributed by atoms with E-state index in [-0.39, 0.29) is 51.5 Å². The predicted molar refractivity (Wildman–Crippen MR) is 136 cm³/mol. The average Bonchev–Trinajstić information content (AvgIpc) is 2.85. The van der Waals surface area contributed by atoms with Gasteiger partial charge in [-0.2, -0.15) is 12.7 Å². The number of benzene rings is 2. The Balaban J connectivity index is 1.68. The fraction of sp³-hybridized carbons (Fsp3) is 0.417. The summed E-state index contributed by atoms with van der Waals surface area (Å²) in [6.07, 6.45) is 2.45. The third-order valence-corrected chi connectivity index (χ3v) is 7.71. The van der Waals surface area contributed by atoms with E-state index in [0.717, 1.165) is 23.6 Å². The number of nitrogens with one attached hydrogen (secondary N) is 1. The lowest BCUT2D eigenvalue weighted by Crippen LogP contribution is -2.55. The van der Waals surface area contributed by atoms with Crippen LogP contribution >= 0.6 is 0 Å². The molecule has 0 saturated carbocycles. The standard InChI is InChI=1S/C24H31N3O7S2/c1-35(30,31)27-16-14-26(15-17-27)24(29)22(9-6-18-34-36(2,32)33)25-23(28)21-12-10-20(11-13-21)19-7-4-3-5-8-19/h3-5,7-8,10-13,22H,6,9,14-18H2,1-2H3,(H,25,28)/t22-/m0/s1. The summed E-state index contributed by atoms with van der Waals surface area (Å²) in [5.74, 6) is -0.788. The van der Waals surface area contributed by atoms with E-state index in [9.17, 15) is 26.4 Å². The molecule has 2 aromatic carbocycles. The highest BCUT2D eigenvalue weighted by Gasteiger charge is 2.31. The van der Waals surface area contributed by atoms with Gasteiger partial charge < -0.3 is 10.2 Å². The normalized spacial score (nSPS) is 15.9. The van der Waals surface area contributed by atoms with Crippen molar-refractivity contribution in [3.63, 3.8) is 0 Å². The van der Waals surface area contributed by atoms with Crippen molar-refractivity contribution in [2.75, 3.05) is 45.3 Å². The van der Waals surface area contributed by atoms with Crippen molar-refractivity contribution < 1.29 is 30.6 Å². The van der Waals surface area contributed by atoms with Crippen LogP contribution in [0.1, 0.15) is 23.2 Å². The molecule has 3 rings (SSSR count). The van der Waals surface area contributed by atoms with Gasteiger partial charge in [0, 0.05) is 31.7 Å². The number of nitrogens with zero attached hydrogens (tertiary/aromatic N) is 2. The van der Waals surface area contributed by atoms with Crippen LogP contribution in [0.4, 0.5) is 0 Å². The second-order valence-electron chi connectivity index (χ2n) is 8.63. The monoisotopic (exact) mass is 537 g/mol. The number of piperazine rings is 1. The molecule has 0 aromatic heterocycles. The van der Waals surface area contributed by atoms with Gasteiger partial charge in [0.15, 0.2) is 0 Å². The second kappa shape index (κ2) is 12.0. The highest BCUT2D eigenvalue weighted by molar-refractivity contribution is 7.88. The largest absolute Gasteiger partial charge is 0.340 e. The summed E-state index contributed by atoms with van der Waals surface area (Å²) in [5.41, 5.74) is 2.33. The van der Waals surface area contributed by atoms with E-state index >= 15 is 0 Å². The molecule has 0 spiro atoms. The lowest BCUT2D eigenvalue weighted by Gasteiger charge is -2.35. The van der Waals surface area contributed by atoms with Crippen molar-refractivity contribution in [1.29, 1.82) is 0 Å². The Hall–Kier alpha value is -2.80. The van der Waals surface area contributed by atoms with Crippen molar-refractivity contribution in [2.24, 2.45) is 0 Å². The third kappa shape index (κ3) is 8.12. The molecule has 10 nitrogen and oxygen atoms in total. The van der Waals surface area contributed by atoms with Crippen molar-refractivity contribution in [2.45, 2.75) is 18.9 Å². The van der Waals surface area contributed by atoms with Gasteiger partial charge in [-0.15, -0.1) is 0 Å². The molecule has 1 heterocycles. The molecule has 1 fully saturated rings. The van der Waals surface area contributed by atoms with Crippen LogP contribution in [0.15, 0.2) is 54.6 Å². The first kappa shape index (κ1) is 27.8. The molecule has 1 saturated heterocycles. The second-order valence-corrected chi connectivity index (χ2v) is 12.3. The Morgan fingerprint density at radius 1 is 0.889 bits per heavy atom. The molecule has 1 aliphatic heterocycles. The molecule has 2 amide bonds. The van der Waals surface area contributed by atoms with Crippen molar-refractivity contribution in [3.05, 3.63) is 60.2 Å². The maximum Gasteiger partial charge on any atom is 0.264 e. The van der Waals surface area contributed by atoms with Crippen LogP contribution in [0.2, 0.25) is 0 Å². The Morgan fingerprint density at radius 3 is 2.03 bits per heavy atom. The van der Waals surface area contributed by atoms with Crippen LogP contribution < -0.4 is 5.32 Å². The van der Waals surface area contributed by atoms with Crippen molar-refractivity contribution >= 4 is 32.0 Å². The molecule has 0 bridgehead atoms. The molecule has 36 heavy (non-hydrogen) atoms. The molecule has 1 atom stereocenters. The Labute approximate surface area is 212 Å². The molecule has 196 valence electrons. The molecular weight excluding hydrogens is 506 g/mol. The van der Waals surface area contributed by atoms with Crippen LogP contribution in [0.5, 0.6) is 0 Å². The van der Waals surface area contributed by atoms with E-state index in [2.05, 4.69) is 5.32 Å². The summed E-state index contributed by atoms with van der Waals surface area (Å²) in [6.45, 7) is 0.618. The van der Waals surface area contributed by atoms with Crippen LogP contribution in [0.25, 0.3) is 11.1 Å². The van der Waals surface area contributed by atoms with Gasteiger partial charge in [0.1, 0.15) is 6.04 Å². The van der Waals surface area contributed by atoms with Gasteiger partial charge in [0.05, 0.1) is 19.1 Å². The molecule has 0 radical (unpaired) electrons. The molecule has 1 N–H and O–H groups in total. The minimum atomic E-state index is -3.62. The molecule has 0 aliphatic carbocycles. The summed E-state index contributed by atoms with van der Waals surface area (Å²) >= 11 is 0. The zero-order valence-electron chi connectivity index (χ0n) is 20.3. The van der Waals surface area contributed by atoms with Gasteiger partial charge in [0.2, 0.25) is 15.9 Å². The summed E-state index contributed by atoms with van der Waals surface area (Å²) in [6, 6.07) is 15.8. The number of carbonyl (C=O) groups is 2. The number of hydrogen-bond donors (Lipinski definition) is 1. The van der Waals surface area contributed by atoms with E-state index < -0.39 is 32.1 Å². The highest BCUT2D eigenvalue weighted by Crippen LogP contribution is 2.19. The summed E-state index contributed by atoms with van der Waals surface area (Å²) in [4.78, 5) is 27.7. The van der Waals surface area contributed by atoms with Crippen LogP contribution in [-0.4, -0.2) is 89.2 Å². The lowest BCUT2D eigenvalue weighted by atomic mass is 10.0. The van der Waals surface area contributed by atoms with E-state index in [0.29, 0.717) is 5.56 Å². The number of hydrogen-bond acceptors (Lipinski definition) is 7. The van der Waals surface area contributed by atoms with Crippen molar-refractivity contribution in [3.8, 4) is 11.1 Å². The minimum absolute atomic E-state index is 0.119. The summed E-state index contributed by atoms with van der Waals surface area (Å²) < 4.78 is 52.1. The summed E-state index contributed by atoms with van der Waals surface area (Å²) in [7, 11) is -6.97. The molecule has 1 aliphatic rings. The SMILES string of the molecule is CS(=O)(=O)OCCC[C@H](NC(=O)c1ccc(-c2ccccc2)cc1)C(=O)N1CCN(S(C)(=O)=O)CC1.